The van der Waals surface area contributed by atoms with Gasteiger partial charge in [0.25, 0.3) is 0 Å². The molecular weight excluding hydrogens is 215 g/mol. The monoisotopic (exact) mass is 230 g/mol. The second kappa shape index (κ2) is 5.55. The predicted octanol–water partition coefficient (Wildman–Crippen LogP) is 2.51. The maximum Gasteiger partial charge on any atom is 0.126 e. The minimum atomic E-state index is -0.167. The Hall–Kier alpha value is -1.74. The van der Waals surface area contributed by atoms with Crippen molar-refractivity contribution in [2.24, 2.45) is 5.73 Å². The second-order valence-corrected chi connectivity index (χ2v) is 4.01. The van der Waals surface area contributed by atoms with Gasteiger partial charge in [-0.2, -0.15) is 0 Å². The van der Waals surface area contributed by atoms with E-state index in [-0.39, 0.29) is 11.7 Å². The van der Waals surface area contributed by atoms with E-state index >= 15 is 0 Å². The summed E-state index contributed by atoms with van der Waals surface area (Å²) in [5.41, 5.74) is 7.57. The zero-order chi connectivity index (χ0) is 12.1. The molecule has 0 saturated heterocycles. The number of pyridine rings is 1. The van der Waals surface area contributed by atoms with Crippen LogP contribution in [0.4, 0.5) is 4.39 Å². The largest absolute Gasteiger partial charge is 0.330 e. The lowest BCUT2D eigenvalue weighted by Crippen LogP contribution is -2.15. The summed E-state index contributed by atoms with van der Waals surface area (Å²) in [7, 11) is 0. The van der Waals surface area contributed by atoms with E-state index in [0.717, 1.165) is 5.56 Å². The van der Waals surface area contributed by atoms with Gasteiger partial charge >= 0.3 is 0 Å². The number of nitrogens with two attached hydrogens (primary N) is 1. The molecule has 1 unspecified atom stereocenters. The van der Waals surface area contributed by atoms with E-state index < -0.39 is 0 Å². The molecule has 1 aromatic heterocycles. The molecule has 0 fully saturated rings. The molecule has 1 heterocycles. The van der Waals surface area contributed by atoms with Gasteiger partial charge in [0.15, 0.2) is 0 Å². The fourth-order valence-electron chi connectivity index (χ4n) is 1.90. The first kappa shape index (κ1) is 11.7. The van der Waals surface area contributed by atoms with Gasteiger partial charge in [0, 0.05) is 18.3 Å². The Morgan fingerprint density at radius 1 is 1.12 bits per heavy atom. The molecule has 0 amide bonds. The fraction of sp³-hybridized carbons (Fsp3) is 0.214. The molecule has 2 N–H and O–H groups in total. The van der Waals surface area contributed by atoms with Gasteiger partial charge in [-0.15, -0.1) is 0 Å². The van der Waals surface area contributed by atoms with Crippen molar-refractivity contribution in [3.63, 3.8) is 0 Å². The van der Waals surface area contributed by atoms with Gasteiger partial charge in [0.1, 0.15) is 5.82 Å². The molecule has 0 radical (unpaired) electrons. The van der Waals surface area contributed by atoms with Gasteiger partial charge < -0.3 is 5.73 Å². The summed E-state index contributed by atoms with van der Waals surface area (Å²) < 4.78 is 13.5. The minimum absolute atomic E-state index is 0.134. The van der Waals surface area contributed by atoms with Crippen LogP contribution in [0, 0.1) is 5.82 Å². The summed E-state index contributed by atoms with van der Waals surface area (Å²) in [6.45, 7) is 0.498. The second-order valence-electron chi connectivity index (χ2n) is 4.01. The summed E-state index contributed by atoms with van der Waals surface area (Å²) in [4.78, 5) is 3.97. The predicted molar refractivity (Wildman–Crippen MR) is 66.1 cm³/mol. The molecular formula is C14H15FN2. The molecule has 2 rings (SSSR count). The van der Waals surface area contributed by atoms with Crippen LogP contribution in [0.2, 0.25) is 0 Å². The first-order valence-corrected chi connectivity index (χ1v) is 5.64. The molecule has 0 aliphatic rings. The van der Waals surface area contributed by atoms with E-state index in [1.165, 1.54) is 6.07 Å². The molecule has 0 saturated carbocycles. The molecule has 0 spiro atoms. The van der Waals surface area contributed by atoms with E-state index in [4.69, 9.17) is 5.73 Å². The quantitative estimate of drug-likeness (QED) is 0.876. The highest BCUT2D eigenvalue weighted by Gasteiger charge is 2.12. The van der Waals surface area contributed by atoms with Crippen LogP contribution in [0.1, 0.15) is 17.0 Å². The summed E-state index contributed by atoms with van der Waals surface area (Å²) in [6, 6.07) is 10.7. The van der Waals surface area contributed by atoms with Crippen molar-refractivity contribution in [3.05, 3.63) is 65.7 Å². The third-order valence-electron chi connectivity index (χ3n) is 2.89. The molecule has 88 valence electrons. The highest BCUT2D eigenvalue weighted by molar-refractivity contribution is 5.24. The standard InChI is InChI=1S/C14H15FN2/c15-14-4-2-1-3-12(14)9-13(10-16)11-5-7-17-8-6-11/h1-8,13H,9-10,16H2. The summed E-state index contributed by atoms with van der Waals surface area (Å²) in [6.07, 6.45) is 4.09. The Morgan fingerprint density at radius 3 is 2.47 bits per heavy atom. The maximum atomic E-state index is 13.5. The Morgan fingerprint density at radius 2 is 1.82 bits per heavy atom. The van der Waals surface area contributed by atoms with Crippen LogP contribution in [-0.4, -0.2) is 11.5 Å². The van der Waals surface area contributed by atoms with Crippen molar-refractivity contribution >= 4 is 0 Å². The summed E-state index contributed by atoms with van der Waals surface area (Å²) in [5.74, 6) is -0.0325. The van der Waals surface area contributed by atoms with Gasteiger partial charge in [0.05, 0.1) is 0 Å². The van der Waals surface area contributed by atoms with Crippen LogP contribution in [-0.2, 0) is 6.42 Å². The normalized spacial score (nSPS) is 12.4. The Balaban J connectivity index is 2.19. The summed E-state index contributed by atoms with van der Waals surface area (Å²) in [5, 5.41) is 0. The highest BCUT2D eigenvalue weighted by atomic mass is 19.1. The summed E-state index contributed by atoms with van der Waals surface area (Å²) >= 11 is 0. The molecule has 2 nitrogen and oxygen atoms in total. The van der Waals surface area contributed by atoms with Crippen molar-refractivity contribution in [2.75, 3.05) is 6.54 Å². The third kappa shape index (κ3) is 2.88. The minimum Gasteiger partial charge on any atom is -0.330 e. The number of benzene rings is 1. The molecule has 2 aromatic rings. The number of halogens is 1. The van der Waals surface area contributed by atoms with Crippen LogP contribution in [0.5, 0.6) is 0 Å². The Kier molecular flexibility index (Phi) is 3.83. The van der Waals surface area contributed by atoms with Crippen LogP contribution >= 0.6 is 0 Å². The third-order valence-corrected chi connectivity index (χ3v) is 2.89. The van der Waals surface area contributed by atoms with E-state index in [2.05, 4.69) is 4.98 Å². The van der Waals surface area contributed by atoms with Crippen molar-refractivity contribution in [3.8, 4) is 0 Å². The number of hydrogen-bond donors (Lipinski definition) is 1. The highest BCUT2D eigenvalue weighted by Crippen LogP contribution is 2.20. The maximum absolute atomic E-state index is 13.5. The van der Waals surface area contributed by atoms with Crippen molar-refractivity contribution in [1.29, 1.82) is 0 Å². The number of rotatable bonds is 4. The molecule has 1 atom stereocenters. The van der Waals surface area contributed by atoms with Gasteiger partial charge in [-0.3, -0.25) is 4.98 Å². The van der Waals surface area contributed by atoms with Gasteiger partial charge in [0.2, 0.25) is 0 Å². The van der Waals surface area contributed by atoms with E-state index in [0.29, 0.717) is 18.5 Å². The molecule has 0 bridgehead atoms. The number of hydrogen-bond acceptors (Lipinski definition) is 2. The van der Waals surface area contributed by atoms with Gasteiger partial charge in [-0.05, 0) is 42.3 Å². The van der Waals surface area contributed by atoms with Crippen LogP contribution in [0.15, 0.2) is 48.8 Å². The van der Waals surface area contributed by atoms with E-state index in [9.17, 15) is 4.39 Å². The molecule has 17 heavy (non-hydrogen) atoms. The molecule has 0 aliphatic carbocycles. The van der Waals surface area contributed by atoms with Crippen molar-refractivity contribution in [1.82, 2.24) is 4.98 Å². The van der Waals surface area contributed by atoms with E-state index in [1.807, 2.05) is 18.2 Å². The van der Waals surface area contributed by atoms with Crippen LogP contribution < -0.4 is 5.73 Å². The first-order chi connectivity index (χ1) is 8.31. The lowest BCUT2D eigenvalue weighted by atomic mass is 9.92. The topological polar surface area (TPSA) is 38.9 Å². The molecule has 1 aromatic carbocycles. The van der Waals surface area contributed by atoms with Crippen LogP contribution in [0.3, 0.4) is 0 Å². The van der Waals surface area contributed by atoms with Crippen molar-refractivity contribution < 1.29 is 4.39 Å². The Bertz CT molecular complexity index is 471. The number of aromatic nitrogens is 1. The number of nitrogens with zero attached hydrogens (tertiary/aromatic N) is 1. The lowest BCUT2D eigenvalue weighted by Gasteiger charge is -2.15. The fourth-order valence-corrected chi connectivity index (χ4v) is 1.90. The van der Waals surface area contributed by atoms with Crippen LogP contribution in [0.25, 0.3) is 0 Å². The Labute approximate surface area is 100 Å². The van der Waals surface area contributed by atoms with Gasteiger partial charge in [-0.25, -0.2) is 4.39 Å². The SMILES string of the molecule is NCC(Cc1ccccc1F)c1ccncc1. The average Bonchev–Trinajstić information content (AvgIpc) is 2.39. The van der Waals surface area contributed by atoms with Gasteiger partial charge in [-0.1, -0.05) is 18.2 Å². The zero-order valence-electron chi connectivity index (χ0n) is 9.51. The lowest BCUT2D eigenvalue weighted by molar-refractivity contribution is 0.590. The zero-order valence-corrected chi connectivity index (χ0v) is 9.51. The average molecular weight is 230 g/mol. The van der Waals surface area contributed by atoms with Crippen molar-refractivity contribution in [2.45, 2.75) is 12.3 Å². The smallest absolute Gasteiger partial charge is 0.126 e. The molecule has 0 aliphatic heterocycles. The first-order valence-electron chi connectivity index (χ1n) is 5.64. The molecule has 3 heteroatoms. The van der Waals surface area contributed by atoms with E-state index in [1.54, 1.807) is 24.5 Å².